The van der Waals surface area contributed by atoms with E-state index in [1.807, 2.05) is 13.0 Å². The Balaban J connectivity index is 2.00. The Morgan fingerprint density at radius 3 is 2.54 bits per heavy atom. The Labute approximate surface area is 159 Å². The number of sulfonamides is 1. The Kier molecular flexibility index (Phi) is 6.52. The summed E-state index contributed by atoms with van der Waals surface area (Å²) in [4.78, 5) is 23.9. The summed E-state index contributed by atoms with van der Waals surface area (Å²) in [6.45, 7) is 1.34. The fourth-order valence-electron chi connectivity index (χ4n) is 2.08. The highest BCUT2D eigenvalue weighted by Crippen LogP contribution is 2.20. The second kappa shape index (κ2) is 8.43. The summed E-state index contributed by atoms with van der Waals surface area (Å²) >= 11 is 3.33. The monoisotopic (exact) mass is 440 g/mol. The molecule has 0 bridgehead atoms. The van der Waals surface area contributed by atoms with Gasteiger partial charge in [0.15, 0.2) is 6.61 Å². The molecule has 138 valence electrons. The van der Waals surface area contributed by atoms with E-state index in [0.717, 1.165) is 10.0 Å². The largest absolute Gasteiger partial charge is 0.452 e. The number of amides is 1. The fourth-order valence-corrected chi connectivity index (χ4v) is 3.33. The summed E-state index contributed by atoms with van der Waals surface area (Å²) in [5.74, 6) is -1.29. The van der Waals surface area contributed by atoms with Gasteiger partial charge in [0, 0.05) is 10.2 Å². The molecule has 0 atom stereocenters. The number of aryl methyl sites for hydroxylation is 1. The summed E-state index contributed by atoms with van der Waals surface area (Å²) in [7, 11) is -2.40. The number of rotatable bonds is 6. The molecule has 0 aliphatic heterocycles. The van der Waals surface area contributed by atoms with Gasteiger partial charge in [0.1, 0.15) is 0 Å². The van der Waals surface area contributed by atoms with Crippen molar-refractivity contribution in [2.45, 2.75) is 11.8 Å². The van der Waals surface area contributed by atoms with E-state index < -0.39 is 28.5 Å². The number of halogens is 1. The molecule has 0 aromatic heterocycles. The van der Waals surface area contributed by atoms with Crippen molar-refractivity contribution in [2.75, 3.05) is 19.0 Å². The summed E-state index contributed by atoms with van der Waals surface area (Å²) in [5, 5.41) is 2.65. The van der Waals surface area contributed by atoms with Crippen molar-refractivity contribution in [3.05, 3.63) is 58.1 Å². The molecule has 0 heterocycles. The summed E-state index contributed by atoms with van der Waals surface area (Å²) < 4.78 is 31.5. The maximum atomic E-state index is 12.1. The van der Waals surface area contributed by atoms with Gasteiger partial charge in [-0.05, 0) is 55.9 Å². The Hall–Kier alpha value is -2.23. The van der Waals surface area contributed by atoms with E-state index in [2.05, 4.69) is 26.0 Å². The molecule has 0 fully saturated rings. The number of nitrogens with one attached hydrogen (secondary N) is 2. The molecule has 0 aliphatic carbocycles. The molecule has 2 rings (SSSR count). The average Bonchev–Trinajstić information content (AvgIpc) is 2.62. The van der Waals surface area contributed by atoms with E-state index >= 15 is 0 Å². The van der Waals surface area contributed by atoms with Crippen LogP contribution in [-0.2, 0) is 19.6 Å². The van der Waals surface area contributed by atoms with Gasteiger partial charge in [-0.2, -0.15) is 0 Å². The van der Waals surface area contributed by atoms with Crippen molar-refractivity contribution >= 4 is 43.5 Å². The van der Waals surface area contributed by atoms with Gasteiger partial charge in [0.05, 0.1) is 10.5 Å². The molecule has 26 heavy (non-hydrogen) atoms. The molecule has 0 unspecified atom stereocenters. The number of esters is 1. The molecule has 0 radical (unpaired) electrons. The van der Waals surface area contributed by atoms with Gasteiger partial charge in [0.2, 0.25) is 10.0 Å². The number of ether oxygens (including phenoxy) is 1. The van der Waals surface area contributed by atoms with Crippen LogP contribution < -0.4 is 10.0 Å². The van der Waals surface area contributed by atoms with Crippen molar-refractivity contribution < 1.29 is 22.7 Å². The molecule has 0 saturated heterocycles. The van der Waals surface area contributed by atoms with Gasteiger partial charge < -0.3 is 10.1 Å². The molecule has 0 saturated carbocycles. The predicted octanol–water partition coefficient (Wildman–Crippen LogP) is 2.46. The molecule has 0 aliphatic rings. The topological polar surface area (TPSA) is 102 Å². The minimum Gasteiger partial charge on any atom is -0.452 e. The molecule has 1 amide bonds. The Morgan fingerprint density at radius 1 is 1.15 bits per heavy atom. The van der Waals surface area contributed by atoms with Crippen molar-refractivity contribution in [3.8, 4) is 0 Å². The summed E-state index contributed by atoms with van der Waals surface area (Å²) in [5.41, 5.74) is 1.49. The van der Waals surface area contributed by atoms with Gasteiger partial charge in [-0.25, -0.2) is 17.9 Å². The van der Waals surface area contributed by atoms with Crippen LogP contribution in [0.5, 0.6) is 0 Å². The molecule has 2 aromatic rings. The second-order valence-corrected chi connectivity index (χ2v) is 8.12. The lowest BCUT2D eigenvalue weighted by molar-refractivity contribution is -0.119. The quantitative estimate of drug-likeness (QED) is 0.671. The zero-order valence-corrected chi connectivity index (χ0v) is 16.5. The molecule has 2 aromatic carbocycles. The number of benzene rings is 2. The minimum atomic E-state index is -3.68. The van der Waals surface area contributed by atoms with Crippen molar-refractivity contribution in [3.63, 3.8) is 0 Å². The highest BCUT2D eigenvalue weighted by Gasteiger charge is 2.16. The molecule has 7 nitrogen and oxygen atoms in total. The third kappa shape index (κ3) is 5.13. The van der Waals surface area contributed by atoms with Gasteiger partial charge in [-0.15, -0.1) is 0 Å². The fraction of sp³-hybridized carbons (Fsp3) is 0.176. The zero-order valence-electron chi connectivity index (χ0n) is 14.1. The third-order valence-corrected chi connectivity index (χ3v) is 5.35. The lowest BCUT2D eigenvalue weighted by Gasteiger charge is -2.10. The standard InChI is InChI=1S/C17H17BrN2O5S/c1-11-8-13(18)6-7-15(11)20-16(21)10-25-17(22)12-4-3-5-14(9-12)26(23,24)19-2/h3-9,19H,10H2,1-2H3,(H,20,21). The first-order valence-electron chi connectivity index (χ1n) is 7.49. The third-order valence-electron chi connectivity index (χ3n) is 3.45. The highest BCUT2D eigenvalue weighted by molar-refractivity contribution is 9.10. The first-order chi connectivity index (χ1) is 12.2. The van der Waals surface area contributed by atoms with Crippen LogP contribution in [0.2, 0.25) is 0 Å². The van der Waals surface area contributed by atoms with Crippen LogP contribution in [0, 0.1) is 6.92 Å². The molecular weight excluding hydrogens is 424 g/mol. The average molecular weight is 441 g/mol. The lowest BCUT2D eigenvalue weighted by Crippen LogP contribution is -2.22. The van der Waals surface area contributed by atoms with Crippen LogP contribution in [0.3, 0.4) is 0 Å². The summed E-state index contributed by atoms with van der Waals surface area (Å²) in [6, 6.07) is 10.7. The molecule has 2 N–H and O–H groups in total. The van der Waals surface area contributed by atoms with E-state index in [1.165, 1.54) is 31.3 Å². The maximum Gasteiger partial charge on any atom is 0.338 e. The Morgan fingerprint density at radius 2 is 1.88 bits per heavy atom. The van der Waals surface area contributed by atoms with E-state index in [9.17, 15) is 18.0 Å². The zero-order chi connectivity index (χ0) is 19.3. The van der Waals surface area contributed by atoms with E-state index in [1.54, 1.807) is 12.1 Å². The normalized spacial score (nSPS) is 11.0. The van der Waals surface area contributed by atoms with E-state index in [4.69, 9.17) is 4.74 Å². The Bertz CT molecular complexity index is 944. The molecular formula is C17H17BrN2O5S. The summed E-state index contributed by atoms with van der Waals surface area (Å²) in [6.07, 6.45) is 0. The van der Waals surface area contributed by atoms with Gasteiger partial charge in [0.25, 0.3) is 5.91 Å². The highest BCUT2D eigenvalue weighted by atomic mass is 79.9. The minimum absolute atomic E-state index is 0.0361. The van der Waals surface area contributed by atoms with Crippen LogP contribution >= 0.6 is 15.9 Å². The van der Waals surface area contributed by atoms with Crippen LogP contribution in [-0.4, -0.2) is 33.9 Å². The SMILES string of the molecule is CNS(=O)(=O)c1cccc(C(=O)OCC(=O)Nc2ccc(Br)cc2C)c1. The van der Waals surface area contributed by atoms with Crippen LogP contribution in [0.4, 0.5) is 5.69 Å². The lowest BCUT2D eigenvalue weighted by atomic mass is 10.2. The number of anilines is 1. The number of carbonyl (C=O) groups excluding carboxylic acids is 2. The van der Waals surface area contributed by atoms with Gasteiger partial charge in [-0.3, -0.25) is 4.79 Å². The number of hydrogen-bond acceptors (Lipinski definition) is 5. The molecule has 9 heteroatoms. The number of hydrogen-bond donors (Lipinski definition) is 2. The van der Waals surface area contributed by atoms with Crippen molar-refractivity contribution in [1.29, 1.82) is 0 Å². The second-order valence-electron chi connectivity index (χ2n) is 5.32. The van der Waals surface area contributed by atoms with Crippen molar-refractivity contribution in [2.24, 2.45) is 0 Å². The predicted molar refractivity (Wildman–Crippen MR) is 100 cm³/mol. The van der Waals surface area contributed by atoms with Gasteiger partial charge in [-0.1, -0.05) is 22.0 Å². The van der Waals surface area contributed by atoms with Crippen LogP contribution in [0.15, 0.2) is 51.8 Å². The molecule has 0 spiro atoms. The number of carbonyl (C=O) groups is 2. The maximum absolute atomic E-state index is 12.1. The first-order valence-corrected chi connectivity index (χ1v) is 9.77. The first kappa shape index (κ1) is 20.1. The van der Waals surface area contributed by atoms with E-state index in [-0.39, 0.29) is 10.5 Å². The smallest absolute Gasteiger partial charge is 0.338 e. The van der Waals surface area contributed by atoms with E-state index in [0.29, 0.717) is 5.69 Å². The van der Waals surface area contributed by atoms with Gasteiger partial charge >= 0.3 is 5.97 Å². The van der Waals surface area contributed by atoms with Crippen LogP contribution in [0.25, 0.3) is 0 Å². The van der Waals surface area contributed by atoms with Crippen molar-refractivity contribution in [1.82, 2.24) is 4.72 Å². The van der Waals surface area contributed by atoms with Crippen LogP contribution in [0.1, 0.15) is 15.9 Å².